The highest BCUT2D eigenvalue weighted by molar-refractivity contribution is 5.74. The van der Waals surface area contributed by atoms with Crippen LogP contribution in [0, 0.1) is 0 Å². The highest BCUT2D eigenvalue weighted by atomic mass is 16.5. The highest BCUT2D eigenvalue weighted by Gasteiger charge is 2.22. The molecule has 116 valence electrons. The Bertz CT molecular complexity index is 653. The van der Waals surface area contributed by atoms with Gasteiger partial charge in [-0.15, -0.1) is 0 Å². The van der Waals surface area contributed by atoms with Crippen LogP contribution in [0.2, 0.25) is 0 Å². The van der Waals surface area contributed by atoms with E-state index in [4.69, 9.17) is 4.74 Å². The summed E-state index contributed by atoms with van der Waals surface area (Å²) in [6.45, 7) is 1.21. The molecule has 1 atom stereocenters. The third-order valence-corrected chi connectivity index (χ3v) is 3.72. The molecule has 1 aromatic heterocycles. The van der Waals surface area contributed by atoms with Crippen molar-refractivity contribution in [3.05, 3.63) is 47.8 Å². The molecule has 1 aliphatic heterocycles. The predicted molar refractivity (Wildman–Crippen MR) is 82.7 cm³/mol. The quantitative estimate of drug-likeness (QED) is 0.904. The van der Waals surface area contributed by atoms with Crippen molar-refractivity contribution in [3.8, 4) is 5.75 Å². The zero-order chi connectivity index (χ0) is 15.4. The smallest absolute Gasteiger partial charge is 0.315 e. The monoisotopic (exact) mass is 300 g/mol. The first kappa shape index (κ1) is 14.4. The van der Waals surface area contributed by atoms with Gasteiger partial charge in [0, 0.05) is 31.8 Å². The minimum Gasteiger partial charge on any atom is -0.493 e. The van der Waals surface area contributed by atoms with Crippen LogP contribution in [0.5, 0.6) is 5.75 Å². The summed E-state index contributed by atoms with van der Waals surface area (Å²) in [4.78, 5) is 12.0. The fourth-order valence-corrected chi connectivity index (χ4v) is 2.62. The van der Waals surface area contributed by atoms with E-state index in [1.165, 1.54) is 0 Å². The van der Waals surface area contributed by atoms with Crippen molar-refractivity contribution in [2.45, 2.75) is 18.9 Å². The summed E-state index contributed by atoms with van der Waals surface area (Å²) in [5.74, 6) is 0.856. The number of para-hydroxylation sites is 1. The summed E-state index contributed by atoms with van der Waals surface area (Å²) >= 11 is 0. The number of nitrogens with one attached hydrogen (secondary N) is 2. The predicted octanol–water partition coefficient (Wildman–Crippen LogP) is 1.79. The molecule has 0 radical (unpaired) electrons. The Balaban J connectivity index is 1.50. The molecule has 0 bridgehead atoms. The summed E-state index contributed by atoms with van der Waals surface area (Å²) in [6, 6.07) is 7.69. The van der Waals surface area contributed by atoms with Crippen LogP contribution < -0.4 is 15.4 Å². The number of aryl methyl sites for hydroxylation is 1. The molecular weight excluding hydrogens is 280 g/mol. The van der Waals surface area contributed by atoms with Crippen molar-refractivity contribution >= 4 is 6.03 Å². The minimum atomic E-state index is -0.148. The largest absolute Gasteiger partial charge is 0.493 e. The van der Waals surface area contributed by atoms with Crippen LogP contribution in [-0.2, 0) is 13.5 Å². The third-order valence-electron chi connectivity index (χ3n) is 3.72. The molecule has 1 aliphatic rings. The van der Waals surface area contributed by atoms with Crippen molar-refractivity contribution in [2.75, 3.05) is 13.2 Å². The number of aromatic nitrogens is 2. The number of benzene rings is 1. The number of rotatable bonds is 4. The third kappa shape index (κ3) is 3.39. The Morgan fingerprint density at radius 1 is 1.45 bits per heavy atom. The Hall–Kier alpha value is -2.50. The Morgan fingerprint density at radius 3 is 3.14 bits per heavy atom. The zero-order valence-corrected chi connectivity index (χ0v) is 12.6. The lowest BCUT2D eigenvalue weighted by molar-refractivity contribution is 0.223. The molecule has 0 saturated carbocycles. The van der Waals surface area contributed by atoms with Crippen molar-refractivity contribution in [3.63, 3.8) is 0 Å². The van der Waals surface area contributed by atoms with E-state index in [1.807, 2.05) is 43.7 Å². The number of urea groups is 1. The maximum atomic E-state index is 12.0. The fourth-order valence-electron chi connectivity index (χ4n) is 2.62. The van der Waals surface area contributed by atoms with Crippen molar-refractivity contribution < 1.29 is 9.53 Å². The van der Waals surface area contributed by atoms with Gasteiger partial charge in [-0.3, -0.25) is 4.68 Å². The fraction of sp³-hybridized carbons (Fsp3) is 0.375. The zero-order valence-electron chi connectivity index (χ0n) is 12.6. The molecule has 0 fully saturated rings. The first-order valence-electron chi connectivity index (χ1n) is 7.46. The summed E-state index contributed by atoms with van der Waals surface area (Å²) < 4.78 is 7.35. The number of carbonyl (C=O) groups is 1. The van der Waals surface area contributed by atoms with Gasteiger partial charge >= 0.3 is 6.03 Å². The van der Waals surface area contributed by atoms with Crippen molar-refractivity contribution in [1.82, 2.24) is 20.4 Å². The van der Waals surface area contributed by atoms with Crippen LogP contribution in [0.3, 0.4) is 0 Å². The molecular formula is C16H20N4O2. The molecule has 2 heterocycles. The van der Waals surface area contributed by atoms with Gasteiger partial charge in [-0.25, -0.2) is 4.79 Å². The normalized spacial score (nSPS) is 16.5. The molecule has 2 amide bonds. The summed E-state index contributed by atoms with van der Waals surface area (Å²) in [5.41, 5.74) is 2.15. The molecule has 0 saturated heterocycles. The Labute approximate surface area is 129 Å². The lowest BCUT2D eigenvalue weighted by Gasteiger charge is -2.26. The maximum absolute atomic E-state index is 12.0. The van der Waals surface area contributed by atoms with E-state index in [0.29, 0.717) is 13.2 Å². The van der Waals surface area contributed by atoms with E-state index in [-0.39, 0.29) is 12.1 Å². The topological polar surface area (TPSA) is 68.2 Å². The number of fused-ring (bicyclic) bond motifs is 1. The van der Waals surface area contributed by atoms with Crippen molar-refractivity contribution in [1.29, 1.82) is 0 Å². The Morgan fingerprint density at radius 2 is 2.32 bits per heavy atom. The van der Waals surface area contributed by atoms with E-state index < -0.39 is 0 Å². The lowest BCUT2D eigenvalue weighted by Crippen LogP contribution is -2.40. The van der Waals surface area contributed by atoms with E-state index in [0.717, 1.165) is 29.7 Å². The van der Waals surface area contributed by atoms with E-state index in [9.17, 15) is 4.79 Å². The van der Waals surface area contributed by atoms with Gasteiger partial charge in [-0.05, 0) is 18.1 Å². The standard InChI is InChI=1S/C16H20N4O2/c1-20-11-12(10-18-20)6-8-17-16(21)19-14-7-9-22-15-5-3-2-4-13(14)15/h2-5,10-11,14H,6-9H2,1H3,(H2,17,19,21). The first-order chi connectivity index (χ1) is 10.7. The molecule has 2 aromatic rings. The molecule has 0 spiro atoms. The molecule has 2 N–H and O–H groups in total. The van der Waals surface area contributed by atoms with Crippen LogP contribution in [0.1, 0.15) is 23.6 Å². The average molecular weight is 300 g/mol. The van der Waals surface area contributed by atoms with Crippen LogP contribution in [0.15, 0.2) is 36.7 Å². The Kier molecular flexibility index (Phi) is 4.27. The lowest BCUT2D eigenvalue weighted by atomic mass is 10.0. The van der Waals surface area contributed by atoms with Crippen LogP contribution in [0.25, 0.3) is 0 Å². The van der Waals surface area contributed by atoms with E-state index in [1.54, 1.807) is 4.68 Å². The maximum Gasteiger partial charge on any atom is 0.315 e. The molecule has 0 aliphatic carbocycles. The van der Waals surface area contributed by atoms with Gasteiger partial charge in [-0.2, -0.15) is 5.10 Å². The van der Waals surface area contributed by atoms with Gasteiger partial charge in [0.25, 0.3) is 0 Å². The van der Waals surface area contributed by atoms with Gasteiger partial charge in [0.2, 0.25) is 0 Å². The second kappa shape index (κ2) is 6.51. The average Bonchev–Trinajstić information content (AvgIpc) is 2.93. The van der Waals surface area contributed by atoms with Gasteiger partial charge in [-0.1, -0.05) is 18.2 Å². The number of nitrogens with zero attached hydrogens (tertiary/aromatic N) is 2. The SMILES string of the molecule is Cn1cc(CCNC(=O)NC2CCOc3ccccc32)cn1. The minimum absolute atomic E-state index is 0.00309. The van der Waals surface area contributed by atoms with Gasteiger partial charge in [0.15, 0.2) is 0 Å². The molecule has 1 unspecified atom stereocenters. The summed E-state index contributed by atoms with van der Waals surface area (Å²) in [6.07, 6.45) is 5.32. The van der Waals surface area contributed by atoms with Gasteiger partial charge in [0.05, 0.1) is 18.8 Å². The number of ether oxygens (including phenoxy) is 1. The number of carbonyl (C=O) groups excluding carboxylic acids is 1. The number of amides is 2. The van der Waals surface area contributed by atoms with Crippen LogP contribution in [0.4, 0.5) is 4.79 Å². The first-order valence-corrected chi connectivity index (χ1v) is 7.46. The molecule has 3 rings (SSSR count). The molecule has 6 nitrogen and oxygen atoms in total. The van der Waals surface area contributed by atoms with E-state index >= 15 is 0 Å². The van der Waals surface area contributed by atoms with E-state index in [2.05, 4.69) is 15.7 Å². The highest BCUT2D eigenvalue weighted by Crippen LogP contribution is 2.31. The van der Waals surface area contributed by atoms with Gasteiger partial charge < -0.3 is 15.4 Å². The second-order valence-corrected chi connectivity index (χ2v) is 5.40. The van der Waals surface area contributed by atoms with Crippen LogP contribution >= 0.6 is 0 Å². The van der Waals surface area contributed by atoms with Gasteiger partial charge in [0.1, 0.15) is 5.75 Å². The number of hydrogen-bond donors (Lipinski definition) is 2. The van der Waals surface area contributed by atoms with Crippen LogP contribution in [-0.4, -0.2) is 29.0 Å². The molecule has 22 heavy (non-hydrogen) atoms. The van der Waals surface area contributed by atoms with Crippen molar-refractivity contribution in [2.24, 2.45) is 7.05 Å². The summed E-state index contributed by atoms with van der Waals surface area (Å²) in [7, 11) is 1.88. The molecule has 1 aromatic carbocycles. The molecule has 6 heteroatoms. The second-order valence-electron chi connectivity index (χ2n) is 5.40. The summed E-state index contributed by atoms with van der Waals surface area (Å²) in [5, 5.41) is 10.0. The number of hydrogen-bond acceptors (Lipinski definition) is 3.